The largest absolute Gasteiger partial charge is 0.508 e. The van der Waals surface area contributed by atoms with E-state index < -0.39 is 5.60 Å². The molecule has 0 saturated carbocycles. The number of hydrogen-bond acceptors (Lipinski definition) is 4. The van der Waals surface area contributed by atoms with Crippen LogP contribution in [0.25, 0.3) is 21.9 Å². The van der Waals surface area contributed by atoms with E-state index in [4.69, 9.17) is 4.74 Å². The Balaban J connectivity index is 1.83. The van der Waals surface area contributed by atoms with Crippen LogP contribution in [0.3, 0.4) is 0 Å². The minimum absolute atomic E-state index is 0.117. The van der Waals surface area contributed by atoms with E-state index in [1.54, 1.807) is 42.5 Å². The fourth-order valence-electron chi connectivity index (χ4n) is 4.72. The second kappa shape index (κ2) is 4.93. The predicted octanol–water partition coefficient (Wildman–Crippen LogP) is 4.69. The summed E-state index contributed by atoms with van der Waals surface area (Å²) in [4.78, 5) is 13.1. The topological polar surface area (TPSA) is 66.8 Å². The average molecular weight is 366 g/mol. The number of carbonyl (C=O) groups is 1. The summed E-state index contributed by atoms with van der Waals surface area (Å²) in [6, 6.07) is 21.6. The molecule has 0 aromatic heterocycles. The van der Waals surface area contributed by atoms with Crippen LogP contribution in [-0.2, 0) is 10.3 Å². The van der Waals surface area contributed by atoms with Crippen molar-refractivity contribution < 1.29 is 19.7 Å². The highest BCUT2D eigenvalue weighted by Gasteiger charge is 2.51. The van der Waals surface area contributed by atoms with Gasteiger partial charge in [-0.25, -0.2) is 4.79 Å². The molecule has 1 heterocycles. The number of esters is 1. The molecule has 0 unspecified atom stereocenters. The maximum atomic E-state index is 13.1. The highest BCUT2D eigenvalue weighted by atomic mass is 16.6. The Kier molecular flexibility index (Phi) is 2.69. The van der Waals surface area contributed by atoms with E-state index in [-0.39, 0.29) is 17.5 Å². The summed E-state index contributed by atoms with van der Waals surface area (Å²) in [5, 5.41) is 22.0. The lowest BCUT2D eigenvalue weighted by molar-refractivity contribution is 0.0140. The van der Waals surface area contributed by atoms with Gasteiger partial charge in [0.25, 0.3) is 0 Å². The van der Waals surface area contributed by atoms with Crippen molar-refractivity contribution in [2.24, 2.45) is 0 Å². The van der Waals surface area contributed by atoms with Gasteiger partial charge in [-0.3, -0.25) is 0 Å². The van der Waals surface area contributed by atoms with Crippen LogP contribution in [0, 0.1) is 0 Å². The molecule has 134 valence electrons. The monoisotopic (exact) mass is 366 g/mol. The zero-order chi connectivity index (χ0) is 19.0. The van der Waals surface area contributed by atoms with Gasteiger partial charge < -0.3 is 14.9 Å². The van der Waals surface area contributed by atoms with E-state index >= 15 is 0 Å². The average Bonchev–Trinajstić information content (AvgIpc) is 2.95. The van der Waals surface area contributed by atoms with E-state index in [2.05, 4.69) is 0 Å². The molecule has 1 spiro atoms. The smallest absolute Gasteiger partial charge is 0.340 e. The molecule has 28 heavy (non-hydrogen) atoms. The number of fused-ring (bicyclic) bond motifs is 6. The quantitative estimate of drug-likeness (QED) is 0.443. The van der Waals surface area contributed by atoms with Gasteiger partial charge in [0, 0.05) is 22.1 Å². The first-order valence-electron chi connectivity index (χ1n) is 9.02. The van der Waals surface area contributed by atoms with Crippen LogP contribution in [0.5, 0.6) is 11.5 Å². The fourth-order valence-corrected chi connectivity index (χ4v) is 4.72. The molecule has 0 bridgehead atoms. The minimum Gasteiger partial charge on any atom is -0.508 e. The molecule has 4 nitrogen and oxygen atoms in total. The fraction of sp³-hybridized carbons (Fsp3) is 0.0417. The van der Waals surface area contributed by atoms with Crippen LogP contribution in [0.2, 0.25) is 0 Å². The molecule has 0 fully saturated rings. The van der Waals surface area contributed by atoms with Gasteiger partial charge in [0.1, 0.15) is 11.5 Å². The Bertz CT molecular complexity index is 1280. The lowest BCUT2D eigenvalue weighted by atomic mass is 9.78. The molecule has 1 aliphatic heterocycles. The van der Waals surface area contributed by atoms with Crippen LogP contribution < -0.4 is 0 Å². The van der Waals surface area contributed by atoms with Gasteiger partial charge >= 0.3 is 5.97 Å². The standard InChI is InChI=1S/C24H14O4/c25-14-7-9-19-17(11-14)18-12-15(26)8-10-20(18)24(19)21-6-2-4-13-3-1-5-16(22(13)21)23(27)28-24/h1-12,25-26H. The van der Waals surface area contributed by atoms with Crippen molar-refractivity contribution in [3.8, 4) is 22.6 Å². The molecule has 1 aliphatic carbocycles. The summed E-state index contributed by atoms with van der Waals surface area (Å²) in [6.07, 6.45) is 0. The number of ether oxygens (including phenoxy) is 1. The Morgan fingerprint density at radius 2 is 1.29 bits per heavy atom. The van der Waals surface area contributed by atoms with Crippen LogP contribution in [0.15, 0.2) is 72.8 Å². The molecule has 4 aromatic carbocycles. The predicted molar refractivity (Wildman–Crippen MR) is 104 cm³/mol. The molecule has 0 atom stereocenters. The summed E-state index contributed by atoms with van der Waals surface area (Å²) in [6.45, 7) is 0. The van der Waals surface area contributed by atoms with Crippen molar-refractivity contribution in [1.29, 1.82) is 0 Å². The normalized spacial score (nSPS) is 15.4. The van der Waals surface area contributed by atoms with Crippen molar-refractivity contribution in [2.45, 2.75) is 5.60 Å². The number of benzene rings is 4. The van der Waals surface area contributed by atoms with E-state index in [9.17, 15) is 15.0 Å². The lowest BCUT2D eigenvalue weighted by Gasteiger charge is -2.37. The second-order valence-electron chi connectivity index (χ2n) is 7.24. The number of phenolic OH excluding ortho intramolecular Hbond substituents is 2. The first kappa shape index (κ1) is 15.3. The number of rotatable bonds is 0. The Morgan fingerprint density at radius 3 is 1.93 bits per heavy atom. The van der Waals surface area contributed by atoms with Crippen molar-refractivity contribution in [3.05, 3.63) is 95.1 Å². The van der Waals surface area contributed by atoms with Crippen molar-refractivity contribution in [1.82, 2.24) is 0 Å². The van der Waals surface area contributed by atoms with Crippen LogP contribution in [0.1, 0.15) is 27.0 Å². The number of phenols is 2. The van der Waals surface area contributed by atoms with Gasteiger partial charge in [0.05, 0.1) is 5.56 Å². The Morgan fingerprint density at radius 1 is 0.679 bits per heavy atom. The molecule has 4 heteroatoms. The molecule has 4 aromatic rings. The van der Waals surface area contributed by atoms with E-state index in [1.165, 1.54) is 0 Å². The molecular formula is C24H14O4. The molecular weight excluding hydrogens is 352 g/mol. The Hall–Kier alpha value is -3.79. The summed E-state index contributed by atoms with van der Waals surface area (Å²) in [5.41, 5.74) is 3.37. The number of carbonyl (C=O) groups excluding carboxylic acids is 1. The first-order valence-corrected chi connectivity index (χ1v) is 9.02. The second-order valence-corrected chi connectivity index (χ2v) is 7.24. The molecule has 0 amide bonds. The van der Waals surface area contributed by atoms with Crippen molar-refractivity contribution >= 4 is 16.7 Å². The van der Waals surface area contributed by atoms with Gasteiger partial charge in [-0.15, -0.1) is 0 Å². The van der Waals surface area contributed by atoms with Crippen LogP contribution in [0.4, 0.5) is 0 Å². The number of aromatic hydroxyl groups is 2. The highest BCUT2D eigenvalue weighted by molar-refractivity contribution is 6.10. The SMILES string of the molecule is O=C1OC2(c3ccc(O)cc3-c3cc(O)ccc32)c2cccc3cccc1c23. The van der Waals surface area contributed by atoms with E-state index in [0.29, 0.717) is 5.56 Å². The maximum absolute atomic E-state index is 13.1. The van der Waals surface area contributed by atoms with Gasteiger partial charge in [0.15, 0.2) is 5.60 Å². The zero-order valence-corrected chi connectivity index (χ0v) is 14.6. The van der Waals surface area contributed by atoms with Gasteiger partial charge in [0.2, 0.25) is 0 Å². The van der Waals surface area contributed by atoms with Crippen LogP contribution in [-0.4, -0.2) is 16.2 Å². The van der Waals surface area contributed by atoms with Gasteiger partial charge in [-0.05, 0) is 46.8 Å². The molecule has 0 radical (unpaired) electrons. The molecule has 2 N–H and O–H groups in total. The maximum Gasteiger partial charge on any atom is 0.340 e. The van der Waals surface area contributed by atoms with E-state index in [0.717, 1.165) is 38.6 Å². The lowest BCUT2D eigenvalue weighted by Crippen LogP contribution is -2.36. The molecule has 6 rings (SSSR count). The first-order chi connectivity index (χ1) is 13.6. The minimum atomic E-state index is -1.11. The zero-order valence-electron chi connectivity index (χ0n) is 14.6. The van der Waals surface area contributed by atoms with E-state index in [1.807, 2.05) is 30.3 Å². The Labute approximate surface area is 160 Å². The third-order valence-electron chi connectivity index (χ3n) is 5.80. The summed E-state index contributed by atoms with van der Waals surface area (Å²) in [7, 11) is 0. The van der Waals surface area contributed by atoms with Crippen molar-refractivity contribution in [2.75, 3.05) is 0 Å². The molecule has 2 aliphatic rings. The van der Waals surface area contributed by atoms with Crippen molar-refractivity contribution in [3.63, 3.8) is 0 Å². The summed E-state index contributed by atoms with van der Waals surface area (Å²) >= 11 is 0. The third kappa shape index (κ3) is 1.68. The number of hydrogen-bond donors (Lipinski definition) is 2. The summed E-state index contributed by atoms with van der Waals surface area (Å²) < 4.78 is 6.18. The molecule has 0 saturated heterocycles. The summed E-state index contributed by atoms with van der Waals surface area (Å²) in [5.74, 6) is -0.152. The third-order valence-corrected chi connectivity index (χ3v) is 5.80. The van der Waals surface area contributed by atoms with Gasteiger partial charge in [-0.2, -0.15) is 0 Å². The van der Waals surface area contributed by atoms with Crippen LogP contribution >= 0.6 is 0 Å². The highest BCUT2D eigenvalue weighted by Crippen LogP contribution is 2.57. The van der Waals surface area contributed by atoms with Gasteiger partial charge in [-0.1, -0.05) is 42.5 Å².